The fourth-order valence-corrected chi connectivity index (χ4v) is 7.09. The Morgan fingerprint density at radius 3 is 2.72 bits per heavy atom. The molecule has 2 saturated heterocycles. The van der Waals surface area contributed by atoms with Crippen molar-refractivity contribution in [3.8, 4) is 0 Å². The molecule has 3 atom stereocenters. The van der Waals surface area contributed by atoms with Gasteiger partial charge in [-0.3, -0.25) is 19.3 Å². The van der Waals surface area contributed by atoms with Crippen LogP contribution in [0.2, 0.25) is 0 Å². The number of hydrogen-bond donors (Lipinski definition) is 2. The number of carbonyl (C=O) groups is 4. The van der Waals surface area contributed by atoms with Gasteiger partial charge in [0.05, 0.1) is 12.0 Å². The van der Waals surface area contributed by atoms with E-state index in [1.54, 1.807) is 26.2 Å². The summed E-state index contributed by atoms with van der Waals surface area (Å²) >= 11 is 4.01. The molecule has 13 nitrogen and oxygen atoms in total. The molecular weight excluding hydrogens is 570 g/mol. The van der Waals surface area contributed by atoms with Crippen LogP contribution in [0.3, 0.4) is 0 Å². The van der Waals surface area contributed by atoms with Crippen molar-refractivity contribution in [3.63, 3.8) is 0 Å². The zero-order valence-corrected chi connectivity index (χ0v) is 24.2. The number of nitrogens with one attached hydrogen (secondary N) is 1. The molecule has 3 aliphatic heterocycles. The maximum absolute atomic E-state index is 13.3. The largest absolute Gasteiger partial charge is 0.427 e. The standard InChI is InChI=1S/C23H29N5O8S3/c1-23(2,3)21(32)36-10-35-20(31)16-13(39-11-5-6-34-7-11)9-37-19-15(18(30)28(16)19)26-17(29)14(27-33-4)12-8-38-22(24)25-12/h8,11,15,19H,5-7,9-10H2,1-4H3,(H2,24,25)(H,26,29)/b27-14-/t11?,15?,19-/m1/s1. The van der Waals surface area contributed by atoms with Gasteiger partial charge in [-0.1, -0.05) is 5.16 Å². The number of thioether (sulfide) groups is 2. The summed E-state index contributed by atoms with van der Waals surface area (Å²) in [5.41, 5.74) is 5.07. The highest BCUT2D eigenvalue weighted by Crippen LogP contribution is 2.45. The average molecular weight is 600 g/mol. The number of oxime groups is 1. The molecule has 1 aromatic rings. The summed E-state index contributed by atoms with van der Waals surface area (Å²) < 4.78 is 15.8. The number of amides is 2. The number of carbonyl (C=O) groups excluding carboxylic acids is 4. The van der Waals surface area contributed by atoms with E-state index < -0.39 is 47.4 Å². The highest BCUT2D eigenvalue weighted by molar-refractivity contribution is 8.06. The van der Waals surface area contributed by atoms with Crippen LogP contribution in [0.4, 0.5) is 5.13 Å². The van der Waals surface area contributed by atoms with Gasteiger partial charge in [-0.05, 0) is 27.2 Å². The summed E-state index contributed by atoms with van der Waals surface area (Å²) in [5.74, 6) is -2.07. The van der Waals surface area contributed by atoms with Crippen molar-refractivity contribution in [2.24, 2.45) is 10.6 Å². The maximum atomic E-state index is 13.3. The number of hydrogen-bond acceptors (Lipinski definition) is 14. The first-order valence-corrected chi connectivity index (χ1v) is 14.7. The third kappa shape index (κ3) is 6.50. The van der Waals surface area contributed by atoms with Crippen LogP contribution in [0.1, 0.15) is 32.9 Å². The van der Waals surface area contributed by atoms with Crippen molar-refractivity contribution in [2.45, 2.75) is 43.9 Å². The van der Waals surface area contributed by atoms with Crippen LogP contribution >= 0.6 is 34.9 Å². The minimum absolute atomic E-state index is 0.0796. The third-order valence-corrected chi connectivity index (χ3v) is 9.23. The molecule has 0 aliphatic carbocycles. The van der Waals surface area contributed by atoms with Crippen molar-refractivity contribution in [1.29, 1.82) is 0 Å². The van der Waals surface area contributed by atoms with Crippen LogP contribution in [-0.4, -0.2) is 88.9 Å². The Morgan fingerprint density at radius 1 is 1.33 bits per heavy atom. The molecular formula is C23H29N5O8S3. The van der Waals surface area contributed by atoms with Gasteiger partial charge in [0.15, 0.2) is 10.8 Å². The van der Waals surface area contributed by atoms with E-state index in [4.69, 9.17) is 24.8 Å². The number of esters is 2. The molecule has 0 spiro atoms. The molecule has 2 fully saturated rings. The number of nitrogens with zero attached hydrogens (tertiary/aromatic N) is 3. The monoisotopic (exact) mass is 599 g/mol. The van der Waals surface area contributed by atoms with E-state index in [-0.39, 0.29) is 27.5 Å². The van der Waals surface area contributed by atoms with Crippen LogP contribution in [0, 0.1) is 5.41 Å². The maximum Gasteiger partial charge on any atom is 0.358 e. The number of fused-ring (bicyclic) bond motifs is 1. The molecule has 39 heavy (non-hydrogen) atoms. The van der Waals surface area contributed by atoms with Gasteiger partial charge in [0.2, 0.25) is 6.79 Å². The molecule has 4 rings (SSSR count). The van der Waals surface area contributed by atoms with Crippen molar-refractivity contribution in [2.75, 3.05) is 38.6 Å². The van der Waals surface area contributed by atoms with Gasteiger partial charge < -0.3 is 30.1 Å². The van der Waals surface area contributed by atoms with E-state index in [0.29, 0.717) is 23.9 Å². The summed E-state index contributed by atoms with van der Waals surface area (Å²) in [4.78, 5) is 62.4. The summed E-state index contributed by atoms with van der Waals surface area (Å²) in [7, 11) is 1.28. The number of rotatable bonds is 9. The predicted octanol–water partition coefficient (Wildman–Crippen LogP) is 1.30. The second kappa shape index (κ2) is 12.1. The van der Waals surface area contributed by atoms with Gasteiger partial charge in [-0.15, -0.1) is 34.9 Å². The van der Waals surface area contributed by atoms with Crippen molar-refractivity contribution < 1.29 is 38.2 Å². The summed E-state index contributed by atoms with van der Waals surface area (Å²) in [6, 6.07) is -0.927. The fraction of sp³-hybridized carbons (Fsp3) is 0.565. The molecule has 212 valence electrons. The first kappa shape index (κ1) is 29.2. The molecule has 0 saturated carbocycles. The van der Waals surface area contributed by atoms with Gasteiger partial charge >= 0.3 is 11.9 Å². The smallest absolute Gasteiger partial charge is 0.358 e. The lowest BCUT2D eigenvalue weighted by Gasteiger charge is -2.49. The summed E-state index contributed by atoms with van der Waals surface area (Å²) in [6.07, 6.45) is 0.809. The Bertz CT molecular complexity index is 1200. The molecule has 4 heterocycles. The minimum atomic E-state index is -0.927. The van der Waals surface area contributed by atoms with Gasteiger partial charge in [-0.25, -0.2) is 9.78 Å². The molecule has 2 unspecified atom stereocenters. The highest BCUT2D eigenvalue weighted by Gasteiger charge is 2.55. The number of nitrogens with two attached hydrogens (primary N) is 1. The van der Waals surface area contributed by atoms with Crippen molar-refractivity contribution >= 4 is 69.5 Å². The molecule has 0 aromatic carbocycles. The number of β-lactam (4-membered cyclic amide) rings is 1. The number of aromatic nitrogens is 1. The van der Waals surface area contributed by atoms with E-state index >= 15 is 0 Å². The first-order chi connectivity index (χ1) is 18.5. The minimum Gasteiger partial charge on any atom is -0.427 e. The zero-order chi connectivity index (χ0) is 28.3. The Morgan fingerprint density at radius 2 is 2.10 bits per heavy atom. The molecule has 3 N–H and O–H groups in total. The molecule has 3 aliphatic rings. The zero-order valence-electron chi connectivity index (χ0n) is 21.8. The lowest BCUT2D eigenvalue weighted by Crippen LogP contribution is -2.71. The van der Waals surface area contributed by atoms with E-state index in [9.17, 15) is 19.2 Å². The highest BCUT2D eigenvalue weighted by atomic mass is 32.2. The third-order valence-electron chi connectivity index (χ3n) is 5.76. The Hall–Kier alpha value is -2.82. The fourth-order valence-electron chi connectivity index (χ4n) is 3.80. The lowest BCUT2D eigenvalue weighted by molar-refractivity contribution is -0.173. The van der Waals surface area contributed by atoms with Crippen molar-refractivity contribution in [1.82, 2.24) is 15.2 Å². The molecule has 0 radical (unpaired) electrons. The van der Waals surface area contributed by atoms with Crippen LogP contribution in [-0.2, 0) is 38.2 Å². The van der Waals surface area contributed by atoms with Crippen LogP contribution in [0.15, 0.2) is 21.1 Å². The second-order valence-electron chi connectivity index (χ2n) is 9.66. The Balaban J connectivity index is 1.50. The predicted molar refractivity (Wildman–Crippen MR) is 145 cm³/mol. The van der Waals surface area contributed by atoms with Crippen LogP contribution in [0.25, 0.3) is 0 Å². The second-order valence-corrected chi connectivity index (χ2v) is 13.1. The quantitative estimate of drug-likeness (QED) is 0.137. The van der Waals surface area contributed by atoms with Crippen LogP contribution in [0.5, 0.6) is 0 Å². The lowest BCUT2D eigenvalue weighted by atomic mass is 9.98. The number of thiazole rings is 1. The SMILES string of the molecule is CO/N=C(\C(=O)NC1C(=O)N2C(C(=O)OCOC(=O)C(C)(C)C)=C(SC3CCOC3)CS[C@H]12)c1csc(N)n1. The van der Waals surface area contributed by atoms with E-state index in [0.717, 1.165) is 17.8 Å². The van der Waals surface area contributed by atoms with Gasteiger partial charge in [0, 0.05) is 27.9 Å². The number of nitrogen functional groups attached to an aromatic ring is 1. The van der Waals surface area contributed by atoms with Gasteiger partial charge in [0.25, 0.3) is 11.8 Å². The van der Waals surface area contributed by atoms with E-state index in [2.05, 4.69) is 15.5 Å². The average Bonchev–Trinajstić information content (AvgIpc) is 3.56. The Kier molecular flexibility index (Phi) is 9.08. The van der Waals surface area contributed by atoms with Gasteiger partial charge in [0.1, 0.15) is 29.9 Å². The van der Waals surface area contributed by atoms with E-state index in [1.807, 2.05) is 0 Å². The molecule has 16 heteroatoms. The van der Waals surface area contributed by atoms with Crippen LogP contribution < -0.4 is 11.1 Å². The molecule has 0 bridgehead atoms. The van der Waals surface area contributed by atoms with Gasteiger partial charge in [-0.2, -0.15) is 0 Å². The Labute approximate surface area is 237 Å². The van der Waals surface area contributed by atoms with Crippen molar-refractivity contribution in [3.05, 3.63) is 21.7 Å². The normalized spacial score (nSPS) is 23.2. The molecule has 1 aromatic heterocycles. The molecule has 2 amide bonds. The topological polar surface area (TPSA) is 172 Å². The number of ether oxygens (including phenoxy) is 3. The summed E-state index contributed by atoms with van der Waals surface area (Å²) in [5, 5.41) is 7.78. The van der Waals surface area contributed by atoms with E-state index in [1.165, 1.54) is 35.5 Å². The first-order valence-electron chi connectivity index (χ1n) is 11.9. The number of anilines is 1. The summed E-state index contributed by atoms with van der Waals surface area (Å²) in [6.45, 7) is 5.61.